The molecule has 3 N–H and O–H groups in total. The minimum atomic E-state index is -0.397. The number of aryl methyl sites for hydroxylation is 1. The summed E-state index contributed by atoms with van der Waals surface area (Å²) in [4.78, 5) is 11.8. The lowest BCUT2D eigenvalue weighted by Gasteiger charge is -2.19. The van der Waals surface area contributed by atoms with Crippen LogP contribution in [-0.2, 0) is 4.79 Å². The number of benzene rings is 1. The fourth-order valence-corrected chi connectivity index (χ4v) is 1.91. The van der Waals surface area contributed by atoms with E-state index in [9.17, 15) is 4.79 Å². The molecular weight excluding hydrogens is 212 g/mol. The zero-order valence-electron chi connectivity index (χ0n) is 10.9. The van der Waals surface area contributed by atoms with E-state index in [2.05, 4.69) is 5.32 Å². The molecule has 0 fully saturated rings. The van der Waals surface area contributed by atoms with Crippen LogP contribution in [0.25, 0.3) is 0 Å². The molecule has 0 aliphatic rings. The molecule has 1 aromatic rings. The Bertz CT molecular complexity index is 376. The molecule has 1 rings (SSSR count). The van der Waals surface area contributed by atoms with Crippen molar-refractivity contribution in [1.29, 1.82) is 0 Å². The second-order valence-corrected chi connectivity index (χ2v) is 4.48. The number of carbonyl (C=O) groups excluding carboxylic acids is 1. The van der Waals surface area contributed by atoms with Crippen LogP contribution >= 0.6 is 0 Å². The molecule has 0 aliphatic carbocycles. The Morgan fingerprint density at radius 1 is 1.41 bits per heavy atom. The molecule has 0 heterocycles. The van der Waals surface area contributed by atoms with Crippen LogP contribution in [0.4, 0.5) is 0 Å². The number of hydrogen-bond acceptors (Lipinski definition) is 2. The number of carbonyl (C=O) groups is 1. The summed E-state index contributed by atoms with van der Waals surface area (Å²) in [7, 11) is 0. The van der Waals surface area contributed by atoms with Crippen LogP contribution < -0.4 is 11.1 Å². The van der Waals surface area contributed by atoms with E-state index in [1.807, 2.05) is 45.0 Å². The largest absolute Gasteiger partial charge is 0.348 e. The maximum atomic E-state index is 11.8. The van der Waals surface area contributed by atoms with E-state index in [0.29, 0.717) is 0 Å². The highest BCUT2D eigenvalue weighted by Crippen LogP contribution is 2.16. The van der Waals surface area contributed by atoms with Crippen molar-refractivity contribution in [2.75, 3.05) is 0 Å². The summed E-state index contributed by atoms with van der Waals surface area (Å²) in [6.45, 7) is 6.06. The van der Waals surface area contributed by atoms with Gasteiger partial charge in [-0.3, -0.25) is 4.79 Å². The minimum Gasteiger partial charge on any atom is -0.348 e. The van der Waals surface area contributed by atoms with E-state index in [0.717, 1.165) is 18.4 Å². The molecule has 94 valence electrons. The lowest BCUT2D eigenvalue weighted by atomic mass is 10.0. The molecular formula is C14H22N2O. The van der Waals surface area contributed by atoms with E-state index in [1.165, 1.54) is 5.56 Å². The molecule has 0 spiro atoms. The molecule has 17 heavy (non-hydrogen) atoms. The smallest absolute Gasteiger partial charge is 0.237 e. The number of rotatable bonds is 5. The highest BCUT2D eigenvalue weighted by Gasteiger charge is 2.16. The van der Waals surface area contributed by atoms with Gasteiger partial charge < -0.3 is 11.1 Å². The van der Waals surface area contributed by atoms with Crippen molar-refractivity contribution < 1.29 is 4.79 Å². The number of nitrogens with one attached hydrogen (secondary N) is 1. The highest BCUT2D eigenvalue weighted by molar-refractivity contribution is 5.81. The average molecular weight is 234 g/mol. The third-order valence-corrected chi connectivity index (χ3v) is 2.95. The molecule has 3 heteroatoms. The van der Waals surface area contributed by atoms with Crippen molar-refractivity contribution in [3.8, 4) is 0 Å². The maximum Gasteiger partial charge on any atom is 0.237 e. The molecule has 0 aromatic heterocycles. The summed E-state index contributed by atoms with van der Waals surface area (Å²) in [6.07, 6.45) is 1.65. The lowest BCUT2D eigenvalue weighted by molar-refractivity contribution is -0.123. The molecule has 1 aromatic carbocycles. The van der Waals surface area contributed by atoms with Crippen LogP contribution in [0.3, 0.4) is 0 Å². The first-order chi connectivity index (χ1) is 8.06. The van der Waals surface area contributed by atoms with Crippen molar-refractivity contribution >= 4 is 5.91 Å². The summed E-state index contributed by atoms with van der Waals surface area (Å²) >= 11 is 0. The summed E-state index contributed by atoms with van der Waals surface area (Å²) in [5.74, 6) is -0.0670. The molecule has 0 bridgehead atoms. The van der Waals surface area contributed by atoms with Crippen LogP contribution in [0.1, 0.15) is 43.9 Å². The third kappa shape index (κ3) is 3.86. The van der Waals surface area contributed by atoms with Gasteiger partial charge >= 0.3 is 0 Å². The van der Waals surface area contributed by atoms with E-state index in [1.54, 1.807) is 0 Å². The standard InChI is InChI=1S/C14H22N2O/c1-4-7-13(15)14(17)16-11(3)12-9-6-5-8-10(12)2/h5-6,8-9,11,13H,4,7,15H2,1-3H3,(H,16,17)/t11-,13+/m0/s1. The van der Waals surface area contributed by atoms with Gasteiger partial charge in [0.25, 0.3) is 0 Å². The predicted octanol–water partition coefficient (Wildman–Crippen LogP) is 2.30. The Balaban J connectivity index is 2.63. The Hall–Kier alpha value is -1.35. The quantitative estimate of drug-likeness (QED) is 0.821. The maximum absolute atomic E-state index is 11.8. The van der Waals surface area contributed by atoms with Gasteiger partial charge in [0.15, 0.2) is 0 Å². The molecule has 0 radical (unpaired) electrons. The predicted molar refractivity (Wildman–Crippen MR) is 70.6 cm³/mol. The molecule has 0 aliphatic heterocycles. The van der Waals surface area contributed by atoms with Crippen molar-refractivity contribution in [2.24, 2.45) is 5.73 Å². The summed E-state index contributed by atoms with van der Waals surface area (Å²) in [5, 5.41) is 2.96. The van der Waals surface area contributed by atoms with E-state index >= 15 is 0 Å². The molecule has 2 atom stereocenters. The molecule has 0 saturated carbocycles. The van der Waals surface area contributed by atoms with Gasteiger partial charge in [0, 0.05) is 0 Å². The normalized spacial score (nSPS) is 14.1. The second-order valence-electron chi connectivity index (χ2n) is 4.48. The van der Waals surface area contributed by atoms with Crippen LogP contribution in [0, 0.1) is 6.92 Å². The van der Waals surface area contributed by atoms with Crippen LogP contribution in [-0.4, -0.2) is 11.9 Å². The first-order valence-electron chi connectivity index (χ1n) is 6.17. The second kappa shape index (κ2) is 6.40. The Morgan fingerprint density at radius 2 is 2.06 bits per heavy atom. The van der Waals surface area contributed by atoms with E-state index < -0.39 is 6.04 Å². The zero-order valence-corrected chi connectivity index (χ0v) is 10.9. The SMILES string of the molecule is CCC[C@@H](N)C(=O)N[C@@H](C)c1ccccc1C. The monoisotopic (exact) mass is 234 g/mol. The van der Waals surface area contributed by atoms with Gasteiger partial charge in [0.05, 0.1) is 12.1 Å². The van der Waals surface area contributed by atoms with Crippen LogP contribution in [0.15, 0.2) is 24.3 Å². The fraction of sp³-hybridized carbons (Fsp3) is 0.500. The summed E-state index contributed by atoms with van der Waals surface area (Å²) in [6, 6.07) is 7.67. The van der Waals surface area contributed by atoms with Crippen molar-refractivity contribution in [2.45, 2.75) is 45.7 Å². The van der Waals surface area contributed by atoms with Gasteiger partial charge in [0.1, 0.15) is 0 Å². The molecule has 3 nitrogen and oxygen atoms in total. The van der Waals surface area contributed by atoms with Crippen molar-refractivity contribution in [1.82, 2.24) is 5.32 Å². The van der Waals surface area contributed by atoms with Crippen molar-refractivity contribution in [3.05, 3.63) is 35.4 Å². The van der Waals surface area contributed by atoms with Crippen LogP contribution in [0.5, 0.6) is 0 Å². The van der Waals surface area contributed by atoms with Crippen molar-refractivity contribution in [3.63, 3.8) is 0 Å². The minimum absolute atomic E-state index is 0.00612. The number of hydrogen-bond donors (Lipinski definition) is 2. The van der Waals surface area contributed by atoms with Gasteiger partial charge in [-0.05, 0) is 31.4 Å². The topological polar surface area (TPSA) is 55.1 Å². The number of amides is 1. The zero-order chi connectivity index (χ0) is 12.8. The van der Waals surface area contributed by atoms with Gasteiger partial charge in [-0.1, -0.05) is 37.6 Å². The third-order valence-electron chi connectivity index (χ3n) is 2.95. The summed E-state index contributed by atoms with van der Waals surface area (Å²) < 4.78 is 0. The molecule has 0 saturated heterocycles. The number of nitrogens with two attached hydrogens (primary N) is 1. The van der Waals surface area contributed by atoms with E-state index in [4.69, 9.17) is 5.73 Å². The Morgan fingerprint density at radius 3 is 2.65 bits per heavy atom. The summed E-state index contributed by atoms with van der Waals surface area (Å²) in [5.41, 5.74) is 8.11. The lowest BCUT2D eigenvalue weighted by Crippen LogP contribution is -2.41. The molecule has 1 amide bonds. The van der Waals surface area contributed by atoms with Gasteiger partial charge in [-0.2, -0.15) is 0 Å². The van der Waals surface area contributed by atoms with Gasteiger partial charge in [0.2, 0.25) is 5.91 Å². The fourth-order valence-electron chi connectivity index (χ4n) is 1.91. The first kappa shape index (κ1) is 13.7. The van der Waals surface area contributed by atoms with Gasteiger partial charge in [-0.25, -0.2) is 0 Å². The molecule has 0 unspecified atom stereocenters. The average Bonchev–Trinajstić information content (AvgIpc) is 2.29. The Labute approximate surface area is 103 Å². The van der Waals surface area contributed by atoms with Crippen LogP contribution in [0.2, 0.25) is 0 Å². The Kier molecular flexibility index (Phi) is 5.16. The van der Waals surface area contributed by atoms with Gasteiger partial charge in [-0.15, -0.1) is 0 Å². The van der Waals surface area contributed by atoms with E-state index in [-0.39, 0.29) is 11.9 Å². The highest BCUT2D eigenvalue weighted by atomic mass is 16.2. The first-order valence-corrected chi connectivity index (χ1v) is 6.17.